The first-order valence-corrected chi connectivity index (χ1v) is 12.1. The van der Waals surface area contributed by atoms with Gasteiger partial charge >= 0.3 is 0 Å². The van der Waals surface area contributed by atoms with Gasteiger partial charge in [0.2, 0.25) is 0 Å². The number of rotatable bonds is 5. The Bertz CT molecular complexity index is 1270. The minimum absolute atomic E-state index is 0.00864. The van der Waals surface area contributed by atoms with Crippen molar-refractivity contribution in [2.24, 2.45) is 5.92 Å². The molecule has 1 fully saturated rings. The average Bonchev–Trinajstić information content (AvgIpc) is 3.50. The van der Waals surface area contributed by atoms with E-state index in [0.29, 0.717) is 34.0 Å². The number of H-pyrrole nitrogens is 1. The number of nitriles is 1. The first kappa shape index (κ1) is 20.1. The molecular formula is C22H25N5O3S. The van der Waals surface area contributed by atoms with Crippen LogP contribution in [0.3, 0.4) is 0 Å². The molecule has 4 N–H and O–H groups in total. The molecule has 1 saturated carbocycles. The first-order valence-electron chi connectivity index (χ1n) is 10.5. The van der Waals surface area contributed by atoms with Crippen LogP contribution in [0.15, 0.2) is 40.2 Å². The van der Waals surface area contributed by atoms with Crippen LogP contribution in [0.25, 0.3) is 10.9 Å². The molecule has 0 saturated heterocycles. The van der Waals surface area contributed by atoms with E-state index in [-0.39, 0.29) is 22.8 Å². The van der Waals surface area contributed by atoms with Crippen LogP contribution in [0.1, 0.15) is 50.6 Å². The number of nitrogens with one attached hydrogen (secondary N) is 2. The van der Waals surface area contributed by atoms with Gasteiger partial charge in [0.05, 0.1) is 34.2 Å². The Labute approximate surface area is 181 Å². The van der Waals surface area contributed by atoms with Gasteiger partial charge in [0.25, 0.3) is 5.56 Å². The molecular weight excluding hydrogens is 414 g/mol. The minimum atomic E-state index is -2.81. The van der Waals surface area contributed by atoms with Gasteiger partial charge < -0.3 is 10.3 Å². The summed E-state index contributed by atoms with van der Waals surface area (Å²) in [6, 6.07) is 9.47. The highest BCUT2D eigenvalue weighted by atomic mass is 32.3. The Hall–Kier alpha value is -2.80. The number of nitrogens with zero attached hydrogens (tertiary/aromatic N) is 3. The van der Waals surface area contributed by atoms with Crippen LogP contribution in [-0.2, 0) is 0 Å². The Kier molecular flexibility index (Phi) is 4.62. The van der Waals surface area contributed by atoms with Crippen molar-refractivity contribution in [3.05, 3.63) is 46.4 Å². The molecule has 162 valence electrons. The summed E-state index contributed by atoms with van der Waals surface area (Å²) in [5, 5.41) is 17.5. The topological polar surface area (TPSA) is 127 Å². The highest BCUT2D eigenvalue weighted by Gasteiger charge is 2.40. The number of anilines is 2. The molecule has 1 aromatic carbocycles. The lowest BCUT2D eigenvalue weighted by atomic mass is 9.98. The van der Waals surface area contributed by atoms with E-state index >= 15 is 0 Å². The molecule has 0 spiro atoms. The van der Waals surface area contributed by atoms with Crippen molar-refractivity contribution in [2.45, 2.75) is 55.2 Å². The second-order valence-electron chi connectivity index (χ2n) is 8.59. The lowest BCUT2D eigenvalue weighted by Gasteiger charge is -2.33. The molecule has 5 rings (SSSR count). The van der Waals surface area contributed by atoms with Gasteiger partial charge in [-0.25, -0.2) is 0 Å². The van der Waals surface area contributed by atoms with E-state index in [1.807, 2.05) is 30.7 Å². The van der Waals surface area contributed by atoms with E-state index in [1.54, 1.807) is 18.3 Å². The second-order valence-corrected chi connectivity index (χ2v) is 11.0. The standard InChI is InChI=1S/C22H25N5O3S/c1-12-13(2)31(29,30)19-6-5-15(11-16(12)19)25-21-20-18(8-10-24-22(20)28)27(26-21)17(7-9-23)14-3-4-14/h5-6,8,10-14,17,29-30H,3-4,7H2,1-2H3,(H,24,28)(H,25,26). The molecule has 31 heavy (non-hydrogen) atoms. The van der Waals surface area contributed by atoms with Crippen molar-refractivity contribution >= 4 is 33.0 Å². The van der Waals surface area contributed by atoms with Crippen LogP contribution in [0.2, 0.25) is 0 Å². The largest absolute Gasteiger partial charge is 0.338 e. The second kappa shape index (κ2) is 7.12. The van der Waals surface area contributed by atoms with Crippen molar-refractivity contribution in [1.82, 2.24) is 14.8 Å². The molecule has 3 unspecified atom stereocenters. The van der Waals surface area contributed by atoms with Crippen molar-refractivity contribution in [3.63, 3.8) is 0 Å². The highest BCUT2D eigenvalue weighted by Crippen LogP contribution is 2.64. The Morgan fingerprint density at radius 1 is 1.35 bits per heavy atom. The molecule has 3 heterocycles. The van der Waals surface area contributed by atoms with Crippen molar-refractivity contribution in [1.29, 1.82) is 5.26 Å². The molecule has 2 aromatic heterocycles. The third kappa shape index (κ3) is 3.14. The normalized spacial score (nSPS) is 23.8. The van der Waals surface area contributed by atoms with Crippen LogP contribution >= 0.6 is 10.6 Å². The van der Waals surface area contributed by atoms with Crippen LogP contribution in [0.5, 0.6) is 0 Å². The molecule has 0 amide bonds. The van der Waals surface area contributed by atoms with Gasteiger partial charge in [-0.05, 0) is 55.5 Å². The maximum Gasteiger partial charge on any atom is 0.261 e. The summed E-state index contributed by atoms with van der Waals surface area (Å²) in [6.07, 6.45) is 4.08. The lowest BCUT2D eigenvalue weighted by molar-refractivity contribution is 0.426. The summed E-state index contributed by atoms with van der Waals surface area (Å²) in [5.74, 6) is 0.849. The van der Waals surface area contributed by atoms with Crippen LogP contribution in [0, 0.1) is 17.2 Å². The molecule has 8 nitrogen and oxygen atoms in total. The minimum Gasteiger partial charge on any atom is -0.338 e. The first-order chi connectivity index (χ1) is 14.8. The SMILES string of the molecule is CC1c2cc(Nc3nn(C(CC#N)C4CC4)c4cc[nH]c(=O)c34)ccc2S(O)(O)C1C. The molecule has 0 bridgehead atoms. The molecule has 1 aliphatic heterocycles. The zero-order chi connectivity index (χ0) is 21.9. The third-order valence-electron chi connectivity index (χ3n) is 6.72. The molecule has 3 aromatic rings. The molecule has 3 atom stereocenters. The fourth-order valence-electron chi connectivity index (χ4n) is 4.60. The zero-order valence-electron chi connectivity index (χ0n) is 17.4. The number of aromatic nitrogens is 3. The van der Waals surface area contributed by atoms with E-state index in [1.165, 1.54) is 0 Å². The third-order valence-corrected chi connectivity index (χ3v) is 9.18. The van der Waals surface area contributed by atoms with Gasteiger partial charge in [-0.1, -0.05) is 6.92 Å². The number of pyridine rings is 1. The van der Waals surface area contributed by atoms with Crippen molar-refractivity contribution in [2.75, 3.05) is 5.32 Å². The lowest BCUT2D eigenvalue weighted by Crippen LogP contribution is -2.13. The number of hydrogen-bond donors (Lipinski definition) is 4. The summed E-state index contributed by atoms with van der Waals surface area (Å²) in [7, 11) is -2.81. The summed E-state index contributed by atoms with van der Waals surface area (Å²) in [5.41, 5.74) is 2.09. The van der Waals surface area contributed by atoms with Crippen LogP contribution < -0.4 is 10.9 Å². The molecule has 1 aliphatic carbocycles. The van der Waals surface area contributed by atoms with Crippen molar-refractivity contribution < 1.29 is 9.11 Å². The number of aromatic amines is 1. The molecule has 9 heteroatoms. The van der Waals surface area contributed by atoms with Gasteiger partial charge in [-0.2, -0.15) is 21.0 Å². The average molecular weight is 440 g/mol. The van der Waals surface area contributed by atoms with E-state index in [2.05, 4.69) is 16.4 Å². The van der Waals surface area contributed by atoms with Gasteiger partial charge in [0.1, 0.15) is 5.39 Å². The fraction of sp³-hybridized carbons (Fsp3) is 0.409. The quantitative estimate of drug-likeness (QED) is 0.445. The van der Waals surface area contributed by atoms with Crippen LogP contribution in [-0.4, -0.2) is 29.1 Å². The highest BCUT2D eigenvalue weighted by molar-refractivity contribution is 8.25. The Balaban J connectivity index is 1.58. The number of benzene rings is 1. The summed E-state index contributed by atoms with van der Waals surface area (Å²) in [4.78, 5) is 16.0. The maximum absolute atomic E-state index is 12.7. The van der Waals surface area contributed by atoms with E-state index in [0.717, 1.165) is 24.1 Å². The van der Waals surface area contributed by atoms with Crippen molar-refractivity contribution in [3.8, 4) is 6.07 Å². The van der Waals surface area contributed by atoms with E-state index in [9.17, 15) is 19.2 Å². The predicted molar refractivity (Wildman–Crippen MR) is 121 cm³/mol. The van der Waals surface area contributed by atoms with Gasteiger partial charge in [-0.15, -0.1) is 0 Å². The smallest absolute Gasteiger partial charge is 0.261 e. The van der Waals surface area contributed by atoms with E-state index in [4.69, 9.17) is 5.10 Å². The van der Waals surface area contributed by atoms with E-state index < -0.39 is 10.6 Å². The summed E-state index contributed by atoms with van der Waals surface area (Å²) < 4.78 is 22.9. The molecule has 0 radical (unpaired) electrons. The summed E-state index contributed by atoms with van der Waals surface area (Å²) >= 11 is 0. The Morgan fingerprint density at radius 3 is 2.84 bits per heavy atom. The number of fused-ring (bicyclic) bond motifs is 2. The van der Waals surface area contributed by atoms with Gasteiger partial charge in [0.15, 0.2) is 5.82 Å². The van der Waals surface area contributed by atoms with Gasteiger partial charge in [-0.3, -0.25) is 18.6 Å². The number of hydrogen-bond acceptors (Lipinski definition) is 6. The predicted octanol–water partition coefficient (Wildman–Crippen LogP) is 4.95. The monoisotopic (exact) mass is 439 g/mol. The van der Waals surface area contributed by atoms with Gasteiger partial charge in [0, 0.05) is 17.8 Å². The van der Waals surface area contributed by atoms with Crippen LogP contribution in [0.4, 0.5) is 11.5 Å². The zero-order valence-corrected chi connectivity index (χ0v) is 18.2. The summed E-state index contributed by atoms with van der Waals surface area (Å²) in [6.45, 7) is 3.85. The molecule has 2 aliphatic rings. The fourth-order valence-corrected chi connectivity index (χ4v) is 6.57. The maximum atomic E-state index is 12.7. The Morgan fingerprint density at radius 2 is 2.13 bits per heavy atom.